The van der Waals surface area contributed by atoms with Crippen molar-refractivity contribution in [3.8, 4) is 5.75 Å². The van der Waals surface area contributed by atoms with Crippen LogP contribution in [0.2, 0.25) is 0 Å². The lowest BCUT2D eigenvalue weighted by Crippen LogP contribution is -2.37. The molecule has 1 aliphatic carbocycles. The lowest BCUT2D eigenvalue weighted by atomic mass is 9.81. The Labute approximate surface area is 155 Å². The van der Waals surface area contributed by atoms with Gasteiger partial charge < -0.3 is 9.47 Å². The third kappa shape index (κ3) is 3.84. The first kappa shape index (κ1) is 19.0. The van der Waals surface area contributed by atoms with Crippen LogP contribution >= 0.6 is 0 Å². The van der Waals surface area contributed by atoms with Gasteiger partial charge in [-0.3, -0.25) is 24.1 Å². The van der Waals surface area contributed by atoms with Crippen LogP contribution in [0.3, 0.4) is 0 Å². The van der Waals surface area contributed by atoms with Crippen molar-refractivity contribution >= 4 is 23.6 Å². The van der Waals surface area contributed by atoms with E-state index in [0.29, 0.717) is 12.8 Å². The topological polar surface area (TPSA) is 90.0 Å². The van der Waals surface area contributed by atoms with Crippen molar-refractivity contribution in [3.63, 3.8) is 0 Å². The highest BCUT2D eigenvalue weighted by molar-refractivity contribution is 6.07. The SMILES string of the molecule is COc1ccc(C(=O)COC(=O)CN2C(=O)[C@H]3CCCC[C@H]3C2=O)cc1F. The van der Waals surface area contributed by atoms with Crippen LogP contribution in [-0.4, -0.2) is 48.7 Å². The van der Waals surface area contributed by atoms with Gasteiger partial charge in [-0.2, -0.15) is 0 Å². The average Bonchev–Trinajstić information content (AvgIpc) is 2.91. The van der Waals surface area contributed by atoms with Crippen LogP contribution in [0.5, 0.6) is 5.75 Å². The standard InChI is InChI=1S/C19H20FNO6/c1-26-16-7-6-11(8-14(16)20)15(22)10-27-17(23)9-21-18(24)12-4-2-3-5-13(12)19(21)25/h6-8,12-13H,2-5,9-10H2,1H3/t12-,13+. The first-order valence-electron chi connectivity index (χ1n) is 8.80. The Balaban J connectivity index is 1.55. The number of Topliss-reactive ketones (excluding diaryl/α,β-unsaturated/α-hetero) is 1. The minimum atomic E-state index is -0.849. The first-order valence-corrected chi connectivity index (χ1v) is 8.80. The number of carbonyl (C=O) groups is 4. The Morgan fingerprint density at radius 3 is 2.33 bits per heavy atom. The molecular formula is C19H20FNO6. The molecule has 7 nitrogen and oxygen atoms in total. The number of methoxy groups -OCH3 is 1. The molecule has 1 saturated carbocycles. The number of fused-ring (bicyclic) bond motifs is 1. The van der Waals surface area contributed by atoms with Gasteiger partial charge in [-0.25, -0.2) is 4.39 Å². The molecule has 3 rings (SSSR count). The van der Waals surface area contributed by atoms with Gasteiger partial charge in [0.05, 0.1) is 18.9 Å². The molecule has 0 spiro atoms. The van der Waals surface area contributed by atoms with E-state index in [9.17, 15) is 23.6 Å². The second kappa shape index (κ2) is 7.85. The summed E-state index contributed by atoms with van der Waals surface area (Å²) < 4.78 is 23.3. The second-order valence-electron chi connectivity index (χ2n) is 6.69. The predicted octanol–water partition coefficient (Wildman–Crippen LogP) is 1.74. The molecular weight excluding hydrogens is 357 g/mol. The average molecular weight is 377 g/mol. The van der Waals surface area contributed by atoms with Crippen LogP contribution in [0, 0.1) is 17.7 Å². The van der Waals surface area contributed by atoms with Gasteiger partial charge >= 0.3 is 5.97 Å². The summed E-state index contributed by atoms with van der Waals surface area (Å²) in [7, 11) is 1.30. The third-order valence-corrected chi connectivity index (χ3v) is 5.06. The number of halogens is 1. The summed E-state index contributed by atoms with van der Waals surface area (Å²) in [4.78, 5) is 49.6. The molecule has 1 aliphatic heterocycles. The molecule has 2 aliphatic rings. The molecule has 0 aromatic heterocycles. The number of hydrogen-bond acceptors (Lipinski definition) is 6. The Morgan fingerprint density at radius 2 is 1.78 bits per heavy atom. The van der Waals surface area contributed by atoms with Gasteiger partial charge in [-0.15, -0.1) is 0 Å². The fourth-order valence-corrected chi connectivity index (χ4v) is 3.63. The number of benzene rings is 1. The smallest absolute Gasteiger partial charge is 0.326 e. The maximum absolute atomic E-state index is 13.6. The summed E-state index contributed by atoms with van der Waals surface area (Å²) in [5.41, 5.74) is 0.0282. The number of esters is 1. The number of ether oxygens (including phenoxy) is 2. The summed E-state index contributed by atoms with van der Waals surface area (Å²) in [6, 6.07) is 3.65. The van der Waals surface area contributed by atoms with E-state index in [1.165, 1.54) is 19.2 Å². The largest absolute Gasteiger partial charge is 0.494 e. The summed E-state index contributed by atoms with van der Waals surface area (Å²) in [5.74, 6) is -3.53. The number of imide groups is 1. The van der Waals surface area contributed by atoms with Crippen molar-refractivity contribution in [2.45, 2.75) is 25.7 Å². The zero-order valence-electron chi connectivity index (χ0n) is 14.9. The maximum Gasteiger partial charge on any atom is 0.326 e. The Hall–Kier alpha value is -2.77. The monoisotopic (exact) mass is 377 g/mol. The second-order valence-corrected chi connectivity index (χ2v) is 6.69. The third-order valence-electron chi connectivity index (χ3n) is 5.06. The minimum absolute atomic E-state index is 0.00364. The Bertz CT molecular complexity index is 768. The van der Waals surface area contributed by atoms with Crippen LogP contribution in [0.15, 0.2) is 18.2 Å². The fourth-order valence-electron chi connectivity index (χ4n) is 3.63. The Morgan fingerprint density at radius 1 is 1.15 bits per heavy atom. The molecule has 144 valence electrons. The molecule has 1 saturated heterocycles. The van der Waals surface area contributed by atoms with Crippen molar-refractivity contribution in [3.05, 3.63) is 29.6 Å². The van der Waals surface area contributed by atoms with E-state index >= 15 is 0 Å². The van der Waals surface area contributed by atoms with Gasteiger partial charge in [0.1, 0.15) is 6.54 Å². The maximum atomic E-state index is 13.6. The quantitative estimate of drug-likeness (QED) is 0.426. The predicted molar refractivity (Wildman–Crippen MR) is 90.4 cm³/mol. The highest BCUT2D eigenvalue weighted by Gasteiger charge is 2.48. The van der Waals surface area contributed by atoms with Crippen molar-refractivity contribution in [2.24, 2.45) is 11.8 Å². The van der Waals surface area contributed by atoms with Gasteiger partial charge in [-0.05, 0) is 31.0 Å². The molecule has 2 amide bonds. The number of hydrogen-bond donors (Lipinski definition) is 0. The summed E-state index contributed by atoms with van der Waals surface area (Å²) in [6.45, 7) is -1.11. The zero-order valence-corrected chi connectivity index (χ0v) is 14.9. The molecule has 8 heteroatoms. The summed E-state index contributed by atoms with van der Waals surface area (Å²) in [5, 5.41) is 0. The van der Waals surface area contributed by atoms with E-state index in [1.807, 2.05) is 0 Å². The molecule has 0 radical (unpaired) electrons. The Kier molecular flexibility index (Phi) is 5.53. The molecule has 27 heavy (non-hydrogen) atoms. The molecule has 1 aromatic carbocycles. The van der Waals surface area contributed by atoms with E-state index in [-0.39, 0.29) is 35.0 Å². The zero-order chi connectivity index (χ0) is 19.6. The lowest BCUT2D eigenvalue weighted by molar-refractivity contribution is -0.152. The van der Waals surface area contributed by atoms with Crippen LogP contribution < -0.4 is 4.74 Å². The number of rotatable bonds is 6. The molecule has 0 N–H and O–H groups in total. The van der Waals surface area contributed by atoms with E-state index in [2.05, 4.69) is 0 Å². The molecule has 1 aromatic rings. The van der Waals surface area contributed by atoms with Crippen LogP contribution in [0.25, 0.3) is 0 Å². The van der Waals surface area contributed by atoms with Gasteiger partial charge in [0.2, 0.25) is 11.8 Å². The van der Waals surface area contributed by atoms with Crippen LogP contribution in [0.4, 0.5) is 4.39 Å². The lowest BCUT2D eigenvalue weighted by Gasteiger charge is -2.19. The van der Waals surface area contributed by atoms with E-state index in [0.717, 1.165) is 23.8 Å². The number of carbonyl (C=O) groups excluding carboxylic acids is 4. The highest BCUT2D eigenvalue weighted by atomic mass is 19.1. The van der Waals surface area contributed by atoms with Gasteiger partial charge in [-0.1, -0.05) is 12.8 Å². The van der Waals surface area contributed by atoms with E-state index in [1.54, 1.807) is 0 Å². The number of nitrogens with zero attached hydrogens (tertiary/aromatic N) is 1. The summed E-state index contributed by atoms with van der Waals surface area (Å²) in [6.07, 6.45) is 3.10. The van der Waals surface area contributed by atoms with Crippen molar-refractivity contribution < 1.29 is 33.0 Å². The van der Waals surface area contributed by atoms with Crippen molar-refractivity contribution in [2.75, 3.05) is 20.3 Å². The van der Waals surface area contributed by atoms with Gasteiger partial charge in [0, 0.05) is 5.56 Å². The van der Waals surface area contributed by atoms with Gasteiger partial charge in [0.15, 0.2) is 24.0 Å². The van der Waals surface area contributed by atoms with Crippen LogP contribution in [-0.2, 0) is 19.1 Å². The van der Waals surface area contributed by atoms with E-state index in [4.69, 9.17) is 9.47 Å². The van der Waals surface area contributed by atoms with Crippen molar-refractivity contribution in [1.82, 2.24) is 4.90 Å². The van der Waals surface area contributed by atoms with Gasteiger partial charge in [0.25, 0.3) is 0 Å². The highest BCUT2D eigenvalue weighted by Crippen LogP contribution is 2.37. The first-order chi connectivity index (χ1) is 12.9. The molecule has 2 fully saturated rings. The van der Waals surface area contributed by atoms with E-state index < -0.39 is 30.7 Å². The minimum Gasteiger partial charge on any atom is -0.494 e. The number of ketones is 1. The molecule has 2 atom stereocenters. The van der Waals surface area contributed by atoms with Crippen molar-refractivity contribution in [1.29, 1.82) is 0 Å². The normalized spacial score (nSPS) is 21.8. The fraction of sp³-hybridized carbons (Fsp3) is 0.474. The molecule has 0 bridgehead atoms. The van der Waals surface area contributed by atoms with Crippen LogP contribution in [0.1, 0.15) is 36.0 Å². The summed E-state index contributed by atoms with van der Waals surface area (Å²) >= 11 is 0. The molecule has 0 unspecified atom stereocenters. The number of amides is 2. The number of likely N-dealkylation sites (tertiary alicyclic amines) is 1. The molecule has 1 heterocycles.